The predicted octanol–water partition coefficient (Wildman–Crippen LogP) is 4.58. The maximum atomic E-state index is 12.0. The van der Waals surface area contributed by atoms with E-state index in [4.69, 9.17) is 14.2 Å². The highest BCUT2D eigenvalue weighted by atomic mass is 32.1. The summed E-state index contributed by atoms with van der Waals surface area (Å²) in [6.45, 7) is 0.137. The number of esters is 1. The second-order valence-electron chi connectivity index (χ2n) is 5.57. The van der Waals surface area contributed by atoms with Crippen LogP contribution in [0.1, 0.15) is 11.3 Å². The van der Waals surface area contributed by atoms with Gasteiger partial charge in [0, 0.05) is 17.0 Å². The average Bonchev–Trinajstić information content (AvgIpc) is 3.20. The molecule has 0 aliphatic carbocycles. The van der Waals surface area contributed by atoms with Crippen LogP contribution in [0, 0.1) is 0 Å². The van der Waals surface area contributed by atoms with Crippen LogP contribution < -0.4 is 9.47 Å². The number of ether oxygens (including phenoxy) is 3. The molecule has 138 valence electrons. The van der Waals surface area contributed by atoms with E-state index in [-0.39, 0.29) is 6.61 Å². The summed E-state index contributed by atoms with van der Waals surface area (Å²) in [4.78, 5) is 16.5. The van der Waals surface area contributed by atoms with Gasteiger partial charge in [0.15, 0.2) is 11.5 Å². The molecule has 0 unspecified atom stereocenters. The number of rotatable bonds is 7. The van der Waals surface area contributed by atoms with E-state index in [0.29, 0.717) is 11.5 Å². The van der Waals surface area contributed by atoms with E-state index < -0.39 is 5.97 Å². The molecule has 1 heterocycles. The van der Waals surface area contributed by atoms with Gasteiger partial charge in [-0.1, -0.05) is 36.4 Å². The van der Waals surface area contributed by atoms with Gasteiger partial charge in [0.05, 0.1) is 19.9 Å². The van der Waals surface area contributed by atoms with Crippen molar-refractivity contribution in [3.8, 4) is 22.1 Å². The fraction of sp³-hybridized carbons (Fsp3) is 0.143. The topological polar surface area (TPSA) is 57.7 Å². The first-order chi connectivity index (χ1) is 13.2. The smallest absolute Gasteiger partial charge is 0.331 e. The molecule has 3 aromatic rings. The van der Waals surface area contributed by atoms with Gasteiger partial charge in [0.2, 0.25) is 0 Å². The number of methoxy groups -OCH3 is 2. The molecule has 6 heteroatoms. The highest BCUT2D eigenvalue weighted by Crippen LogP contribution is 2.28. The average molecular weight is 381 g/mol. The molecule has 0 aliphatic heterocycles. The molecule has 3 rings (SSSR count). The molecule has 0 saturated carbocycles. The molecule has 2 aromatic carbocycles. The number of aromatic nitrogens is 1. The zero-order valence-corrected chi connectivity index (χ0v) is 15.9. The maximum Gasteiger partial charge on any atom is 0.331 e. The molecular formula is C21H19NO4S. The van der Waals surface area contributed by atoms with Gasteiger partial charge in [-0.15, -0.1) is 11.3 Å². The van der Waals surface area contributed by atoms with Crippen molar-refractivity contribution in [2.75, 3.05) is 14.2 Å². The van der Waals surface area contributed by atoms with Crippen LogP contribution in [0.5, 0.6) is 11.5 Å². The number of thiazole rings is 1. The molecule has 0 bridgehead atoms. The number of nitrogens with zero attached hydrogens (tertiary/aromatic N) is 1. The zero-order chi connectivity index (χ0) is 19.1. The van der Waals surface area contributed by atoms with Gasteiger partial charge in [-0.3, -0.25) is 0 Å². The van der Waals surface area contributed by atoms with Crippen LogP contribution in [-0.4, -0.2) is 25.2 Å². The van der Waals surface area contributed by atoms with Gasteiger partial charge in [-0.05, 0) is 23.8 Å². The molecule has 0 fully saturated rings. The van der Waals surface area contributed by atoms with Crippen LogP contribution in [0.3, 0.4) is 0 Å². The lowest BCUT2D eigenvalue weighted by Crippen LogP contribution is -2.01. The highest BCUT2D eigenvalue weighted by Gasteiger charge is 2.07. The van der Waals surface area contributed by atoms with Crippen molar-refractivity contribution in [2.24, 2.45) is 0 Å². The van der Waals surface area contributed by atoms with E-state index in [1.807, 2.05) is 41.8 Å². The van der Waals surface area contributed by atoms with Gasteiger partial charge in [-0.25, -0.2) is 9.78 Å². The Hall–Kier alpha value is -3.12. The van der Waals surface area contributed by atoms with Crippen molar-refractivity contribution in [3.63, 3.8) is 0 Å². The first-order valence-corrected chi connectivity index (χ1v) is 9.14. The summed E-state index contributed by atoms with van der Waals surface area (Å²) in [5, 5.41) is 2.80. The minimum Gasteiger partial charge on any atom is -0.493 e. The Balaban J connectivity index is 1.57. The Morgan fingerprint density at radius 3 is 2.59 bits per heavy atom. The molecule has 0 aliphatic rings. The number of hydrogen-bond donors (Lipinski definition) is 0. The molecule has 0 radical (unpaired) electrons. The van der Waals surface area contributed by atoms with E-state index in [1.54, 1.807) is 32.4 Å². The third kappa shape index (κ3) is 4.95. The summed E-state index contributed by atoms with van der Waals surface area (Å²) in [7, 11) is 3.14. The zero-order valence-electron chi connectivity index (χ0n) is 15.0. The molecule has 27 heavy (non-hydrogen) atoms. The van der Waals surface area contributed by atoms with Gasteiger partial charge in [-0.2, -0.15) is 0 Å². The van der Waals surface area contributed by atoms with Crippen LogP contribution in [0.25, 0.3) is 16.6 Å². The van der Waals surface area contributed by atoms with Crippen LogP contribution >= 0.6 is 11.3 Å². The van der Waals surface area contributed by atoms with Crippen molar-refractivity contribution in [3.05, 3.63) is 71.2 Å². The van der Waals surface area contributed by atoms with Crippen molar-refractivity contribution in [1.82, 2.24) is 4.98 Å². The first kappa shape index (κ1) is 18.7. The lowest BCUT2D eigenvalue weighted by atomic mass is 10.2. The molecular weight excluding hydrogens is 362 g/mol. The van der Waals surface area contributed by atoms with Gasteiger partial charge in [0.25, 0.3) is 0 Å². The Morgan fingerprint density at radius 2 is 1.85 bits per heavy atom. The second-order valence-corrected chi connectivity index (χ2v) is 6.42. The first-order valence-electron chi connectivity index (χ1n) is 8.26. The van der Waals surface area contributed by atoms with Gasteiger partial charge < -0.3 is 14.2 Å². The molecule has 1 aromatic heterocycles. The SMILES string of the molecule is COc1ccc(/C=C/C(=O)OCc2csc(-c3ccccc3)n2)cc1OC. The largest absolute Gasteiger partial charge is 0.493 e. The normalized spacial score (nSPS) is 10.7. The second kappa shape index (κ2) is 9.00. The summed E-state index contributed by atoms with van der Waals surface area (Å²) < 4.78 is 15.7. The van der Waals surface area contributed by atoms with Crippen LogP contribution in [0.15, 0.2) is 60.0 Å². The number of carbonyl (C=O) groups excluding carboxylic acids is 1. The molecule has 5 nitrogen and oxygen atoms in total. The highest BCUT2D eigenvalue weighted by molar-refractivity contribution is 7.13. The van der Waals surface area contributed by atoms with Gasteiger partial charge >= 0.3 is 5.97 Å². The van der Waals surface area contributed by atoms with E-state index in [9.17, 15) is 4.79 Å². The summed E-state index contributed by atoms with van der Waals surface area (Å²) in [6.07, 6.45) is 3.05. The van der Waals surface area contributed by atoms with E-state index in [0.717, 1.165) is 21.8 Å². The van der Waals surface area contributed by atoms with Crippen LogP contribution in [0.4, 0.5) is 0 Å². The minimum absolute atomic E-state index is 0.137. The fourth-order valence-electron chi connectivity index (χ4n) is 2.40. The predicted molar refractivity (Wildman–Crippen MR) is 106 cm³/mol. The fourth-order valence-corrected chi connectivity index (χ4v) is 3.21. The monoisotopic (exact) mass is 381 g/mol. The number of benzene rings is 2. The third-order valence-corrected chi connectivity index (χ3v) is 4.69. The van der Waals surface area contributed by atoms with Crippen molar-refractivity contribution < 1.29 is 19.0 Å². The minimum atomic E-state index is -0.431. The molecule has 0 saturated heterocycles. The lowest BCUT2D eigenvalue weighted by Gasteiger charge is -2.07. The van der Waals surface area contributed by atoms with Crippen molar-refractivity contribution in [2.45, 2.75) is 6.61 Å². The number of carbonyl (C=O) groups is 1. The summed E-state index contributed by atoms with van der Waals surface area (Å²) >= 11 is 1.53. The summed E-state index contributed by atoms with van der Waals surface area (Å²) in [5.74, 6) is 0.804. The number of hydrogen-bond acceptors (Lipinski definition) is 6. The van der Waals surface area contributed by atoms with Crippen molar-refractivity contribution >= 4 is 23.4 Å². The molecule has 0 atom stereocenters. The summed E-state index contributed by atoms with van der Waals surface area (Å²) in [5.41, 5.74) is 2.59. The van der Waals surface area contributed by atoms with E-state index in [2.05, 4.69) is 4.98 Å². The van der Waals surface area contributed by atoms with E-state index in [1.165, 1.54) is 17.4 Å². The quantitative estimate of drug-likeness (QED) is 0.443. The van der Waals surface area contributed by atoms with E-state index >= 15 is 0 Å². The Labute approximate surface area is 161 Å². The molecule has 0 spiro atoms. The summed E-state index contributed by atoms with van der Waals surface area (Å²) in [6, 6.07) is 15.3. The van der Waals surface area contributed by atoms with Gasteiger partial charge in [0.1, 0.15) is 11.6 Å². The Kier molecular flexibility index (Phi) is 6.22. The Bertz CT molecular complexity index is 934. The van der Waals surface area contributed by atoms with Crippen LogP contribution in [-0.2, 0) is 16.1 Å². The molecule has 0 N–H and O–H groups in total. The molecule has 0 amide bonds. The lowest BCUT2D eigenvalue weighted by molar-refractivity contribution is -0.139. The Morgan fingerprint density at radius 1 is 1.07 bits per heavy atom. The standard InChI is InChI=1S/C21H19NO4S/c1-24-18-10-8-15(12-19(18)25-2)9-11-20(23)26-13-17-14-27-21(22-17)16-6-4-3-5-7-16/h3-12,14H,13H2,1-2H3/b11-9+. The van der Waals surface area contributed by atoms with Crippen molar-refractivity contribution in [1.29, 1.82) is 0 Å². The third-order valence-electron chi connectivity index (χ3n) is 3.75. The maximum absolute atomic E-state index is 12.0. The van der Waals surface area contributed by atoms with Crippen LogP contribution in [0.2, 0.25) is 0 Å².